The first-order valence-electron chi connectivity index (χ1n) is 5.57. The minimum absolute atomic E-state index is 0.00588. The van der Waals surface area contributed by atoms with Crippen LogP contribution in [0.1, 0.15) is 11.1 Å². The van der Waals surface area contributed by atoms with Crippen LogP contribution in [0, 0.1) is 11.3 Å². The molecule has 1 aromatic heterocycles. The predicted molar refractivity (Wildman–Crippen MR) is 79.5 cm³/mol. The maximum atomic E-state index is 12.0. The predicted octanol–water partition coefficient (Wildman–Crippen LogP) is 2.60. The smallest absolute Gasteiger partial charge is 0.238 e. The number of benzene rings is 1. The molecule has 0 amide bonds. The molecule has 0 bridgehead atoms. The first-order chi connectivity index (χ1) is 9.88. The molecule has 0 radical (unpaired) electrons. The van der Waals surface area contributed by atoms with E-state index in [1.165, 1.54) is 6.07 Å². The molecule has 1 aromatic carbocycles. The lowest BCUT2D eigenvalue weighted by Gasteiger charge is -2.07. The van der Waals surface area contributed by atoms with Crippen molar-refractivity contribution in [1.29, 1.82) is 5.26 Å². The van der Waals surface area contributed by atoms with E-state index in [4.69, 9.17) is 28.5 Å². The Labute approximate surface area is 131 Å². The molecule has 2 aromatic rings. The van der Waals surface area contributed by atoms with Crippen LogP contribution in [-0.2, 0) is 15.8 Å². The molecule has 0 fully saturated rings. The Kier molecular flexibility index (Phi) is 4.63. The molecule has 0 aliphatic heterocycles. The van der Waals surface area contributed by atoms with Crippen molar-refractivity contribution in [2.24, 2.45) is 0 Å². The number of sulfonamides is 1. The zero-order valence-electron chi connectivity index (χ0n) is 10.4. The van der Waals surface area contributed by atoms with E-state index in [0.717, 1.165) is 0 Å². The molecule has 0 saturated carbocycles. The highest BCUT2D eigenvalue weighted by atomic mass is 35.5. The van der Waals surface area contributed by atoms with E-state index in [0.29, 0.717) is 11.1 Å². The summed E-state index contributed by atoms with van der Waals surface area (Å²) in [6, 6.07) is 9.44. The molecular formula is C12H8Cl2N4O2S. The van der Waals surface area contributed by atoms with Crippen molar-refractivity contribution in [2.45, 2.75) is 5.75 Å². The van der Waals surface area contributed by atoms with Gasteiger partial charge in [-0.3, -0.25) is 4.72 Å². The van der Waals surface area contributed by atoms with Gasteiger partial charge in [0.25, 0.3) is 0 Å². The summed E-state index contributed by atoms with van der Waals surface area (Å²) in [6.45, 7) is 0. The van der Waals surface area contributed by atoms with E-state index in [1.54, 1.807) is 24.3 Å². The van der Waals surface area contributed by atoms with Crippen molar-refractivity contribution in [3.8, 4) is 6.07 Å². The second-order valence-corrected chi connectivity index (χ2v) is 6.46. The number of nitrogens with zero attached hydrogens (tertiary/aromatic N) is 3. The fourth-order valence-electron chi connectivity index (χ4n) is 1.53. The van der Waals surface area contributed by atoms with Crippen molar-refractivity contribution < 1.29 is 8.42 Å². The SMILES string of the molecule is N#Cc1ccc(CS(=O)(=O)Nc2cc(Cl)nc(Cl)n2)cc1. The third kappa shape index (κ3) is 4.56. The lowest BCUT2D eigenvalue weighted by Crippen LogP contribution is -2.16. The van der Waals surface area contributed by atoms with Crippen LogP contribution in [0.15, 0.2) is 30.3 Å². The number of aromatic nitrogens is 2. The Morgan fingerprint density at radius 1 is 1.19 bits per heavy atom. The summed E-state index contributed by atoms with van der Waals surface area (Å²) in [5.41, 5.74) is 0.992. The van der Waals surface area contributed by atoms with E-state index in [9.17, 15) is 8.42 Å². The first kappa shape index (κ1) is 15.5. The summed E-state index contributed by atoms with van der Waals surface area (Å²) in [4.78, 5) is 7.35. The Bertz CT molecular complexity index is 781. The molecule has 0 atom stereocenters. The highest BCUT2D eigenvalue weighted by Gasteiger charge is 2.14. The lowest BCUT2D eigenvalue weighted by molar-refractivity contribution is 0.600. The monoisotopic (exact) mass is 342 g/mol. The molecule has 1 heterocycles. The molecule has 0 aliphatic carbocycles. The highest BCUT2D eigenvalue weighted by Crippen LogP contribution is 2.17. The third-order valence-corrected chi connectivity index (χ3v) is 3.96. The van der Waals surface area contributed by atoms with Gasteiger partial charge in [0.15, 0.2) is 0 Å². The summed E-state index contributed by atoms with van der Waals surface area (Å²) in [6.07, 6.45) is 0. The number of nitrogens with one attached hydrogen (secondary N) is 1. The Morgan fingerprint density at radius 2 is 1.86 bits per heavy atom. The van der Waals surface area contributed by atoms with E-state index >= 15 is 0 Å². The zero-order chi connectivity index (χ0) is 15.5. The van der Waals surface area contributed by atoms with Crippen molar-refractivity contribution in [3.05, 3.63) is 51.9 Å². The average Bonchev–Trinajstić information content (AvgIpc) is 2.37. The van der Waals surface area contributed by atoms with Gasteiger partial charge in [-0.1, -0.05) is 23.7 Å². The summed E-state index contributed by atoms with van der Waals surface area (Å²) in [5.74, 6) is -0.272. The minimum Gasteiger partial charge on any atom is -0.267 e. The molecule has 21 heavy (non-hydrogen) atoms. The Morgan fingerprint density at radius 3 is 2.43 bits per heavy atom. The topological polar surface area (TPSA) is 95.7 Å². The van der Waals surface area contributed by atoms with E-state index in [2.05, 4.69) is 14.7 Å². The zero-order valence-corrected chi connectivity index (χ0v) is 12.7. The molecule has 0 unspecified atom stereocenters. The molecule has 0 spiro atoms. The van der Waals surface area contributed by atoms with Crippen LogP contribution in [0.25, 0.3) is 0 Å². The highest BCUT2D eigenvalue weighted by molar-refractivity contribution is 7.91. The number of anilines is 1. The minimum atomic E-state index is -3.68. The summed E-state index contributed by atoms with van der Waals surface area (Å²) in [7, 11) is -3.68. The van der Waals surface area contributed by atoms with Gasteiger partial charge in [-0.25, -0.2) is 13.4 Å². The van der Waals surface area contributed by atoms with Gasteiger partial charge in [-0.15, -0.1) is 0 Å². The molecule has 2 rings (SSSR count). The number of hydrogen-bond acceptors (Lipinski definition) is 5. The largest absolute Gasteiger partial charge is 0.267 e. The van der Waals surface area contributed by atoms with Crippen LogP contribution >= 0.6 is 23.2 Å². The van der Waals surface area contributed by atoms with Crippen LogP contribution in [0.5, 0.6) is 0 Å². The quantitative estimate of drug-likeness (QED) is 0.680. The maximum absolute atomic E-state index is 12.0. The summed E-state index contributed by atoms with van der Waals surface area (Å²) in [5, 5.41) is 8.57. The van der Waals surface area contributed by atoms with Gasteiger partial charge in [-0.05, 0) is 29.3 Å². The molecular weight excluding hydrogens is 335 g/mol. The molecule has 108 valence electrons. The van der Waals surface area contributed by atoms with Crippen LogP contribution in [0.2, 0.25) is 10.4 Å². The number of hydrogen-bond donors (Lipinski definition) is 1. The van der Waals surface area contributed by atoms with Crippen molar-refractivity contribution in [3.63, 3.8) is 0 Å². The number of halogens is 2. The van der Waals surface area contributed by atoms with Gasteiger partial charge < -0.3 is 0 Å². The third-order valence-electron chi connectivity index (χ3n) is 2.37. The van der Waals surface area contributed by atoms with E-state index in [1.807, 2.05) is 6.07 Å². The standard InChI is InChI=1S/C12H8Cl2N4O2S/c13-10-5-11(17-12(14)16-10)18-21(19,20)7-9-3-1-8(6-15)2-4-9/h1-5H,7H2,(H,16,17,18). The fraction of sp³-hybridized carbons (Fsp3) is 0.0833. The van der Waals surface area contributed by atoms with Crippen LogP contribution in [0.3, 0.4) is 0 Å². The van der Waals surface area contributed by atoms with Crippen molar-refractivity contribution >= 4 is 39.0 Å². The van der Waals surface area contributed by atoms with Crippen LogP contribution in [-0.4, -0.2) is 18.4 Å². The van der Waals surface area contributed by atoms with E-state index < -0.39 is 10.0 Å². The Balaban J connectivity index is 2.16. The second-order valence-electron chi connectivity index (χ2n) is 4.01. The van der Waals surface area contributed by atoms with Gasteiger partial charge >= 0.3 is 0 Å². The van der Waals surface area contributed by atoms with Gasteiger partial charge in [0.1, 0.15) is 11.0 Å². The average molecular weight is 343 g/mol. The summed E-state index contributed by atoms with van der Waals surface area (Å²) < 4.78 is 26.3. The lowest BCUT2D eigenvalue weighted by atomic mass is 10.2. The molecule has 1 N–H and O–H groups in total. The van der Waals surface area contributed by atoms with Crippen LogP contribution in [0.4, 0.5) is 5.82 Å². The first-order valence-corrected chi connectivity index (χ1v) is 7.98. The molecule has 0 saturated heterocycles. The van der Waals surface area contributed by atoms with Gasteiger partial charge in [0, 0.05) is 6.07 Å². The van der Waals surface area contributed by atoms with E-state index in [-0.39, 0.29) is 22.0 Å². The fourth-order valence-corrected chi connectivity index (χ4v) is 3.07. The van der Waals surface area contributed by atoms with Crippen LogP contribution < -0.4 is 4.72 Å². The van der Waals surface area contributed by atoms with Gasteiger partial charge in [0.2, 0.25) is 15.3 Å². The summed E-state index contributed by atoms with van der Waals surface area (Å²) >= 11 is 11.3. The number of rotatable bonds is 4. The number of nitriles is 1. The maximum Gasteiger partial charge on any atom is 0.238 e. The van der Waals surface area contributed by atoms with Gasteiger partial charge in [-0.2, -0.15) is 10.2 Å². The van der Waals surface area contributed by atoms with Gasteiger partial charge in [0.05, 0.1) is 17.4 Å². The Hall–Kier alpha value is -1.88. The molecule has 6 nitrogen and oxygen atoms in total. The van der Waals surface area contributed by atoms with Crippen molar-refractivity contribution in [2.75, 3.05) is 4.72 Å². The normalized spacial score (nSPS) is 10.9. The molecule has 0 aliphatic rings. The van der Waals surface area contributed by atoms with Crippen molar-refractivity contribution in [1.82, 2.24) is 9.97 Å². The second kappa shape index (κ2) is 6.26. The molecule has 9 heteroatoms.